The molecule has 10 nitrogen and oxygen atoms in total. The van der Waals surface area contributed by atoms with E-state index in [-0.39, 0.29) is 29.3 Å². The Kier molecular flexibility index (Phi) is 6.19. The van der Waals surface area contributed by atoms with Crippen LogP contribution in [0.5, 0.6) is 0 Å². The number of anilines is 3. The van der Waals surface area contributed by atoms with Gasteiger partial charge < -0.3 is 26.8 Å². The number of primary amides is 1. The Balaban J connectivity index is 1.69. The van der Waals surface area contributed by atoms with Crippen LogP contribution in [0.15, 0.2) is 24.7 Å². The Bertz CT molecular complexity index is 1130. The average molecular weight is 442 g/mol. The summed E-state index contributed by atoms with van der Waals surface area (Å²) in [5.41, 5.74) is 12.8. The second-order valence-electron chi connectivity index (χ2n) is 8.05. The largest absolute Gasteiger partial charge is 0.383 e. The molecular formula is C21H27FN8O2. The van der Waals surface area contributed by atoms with E-state index >= 15 is 0 Å². The van der Waals surface area contributed by atoms with Crippen LogP contribution in [0, 0.1) is 11.7 Å². The van der Waals surface area contributed by atoms with Gasteiger partial charge in [-0.3, -0.25) is 14.5 Å². The van der Waals surface area contributed by atoms with Crippen LogP contribution in [0.3, 0.4) is 0 Å². The summed E-state index contributed by atoms with van der Waals surface area (Å²) in [4.78, 5) is 20.6. The lowest BCUT2D eigenvalue weighted by Crippen LogP contribution is -2.40. The lowest BCUT2D eigenvalue weighted by Gasteiger charge is -2.23. The van der Waals surface area contributed by atoms with Crippen LogP contribution in [-0.4, -0.2) is 51.5 Å². The van der Waals surface area contributed by atoms with Gasteiger partial charge in [0.05, 0.1) is 48.5 Å². The highest BCUT2D eigenvalue weighted by atomic mass is 19.1. The fourth-order valence-electron chi connectivity index (χ4n) is 3.74. The third kappa shape index (κ3) is 4.48. The van der Waals surface area contributed by atoms with Gasteiger partial charge >= 0.3 is 0 Å². The maximum atomic E-state index is 14.8. The Hall–Kier alpha value is -3.31. The van der Waals surface area contributed by atoms with E-state index in [0.29, 0.717) is 24.8 Å². The summed E-state index contributed by atoms with van der Waals surface area (Å²) in [6.45, 7) is 2.93. The van der Waals surface area contributed by atoms with E-state index in [2.05, 4.69) is 25.7 Å². The van der Waals surface area contributed by atoms with Crippen LogP contribution in [0.1, 0.15) is 30.1 Å². The highest BCUT2D eigenvalue weighted by molar-refractivity contribution is 6.00. The Morgan fingerprint density at radius 2 is 2.12 bits per heavy atom. The van der Waals surface area contributed by atoms with Crippen LogP contribution in [0.4, 0.5) is 21.7 Å². The Morgan fingerprint density at radius 1 is 1.34 bits per heavy atom. The van der Waals surface area contributed by atoms with Gasteiger partial charge in [0.15, 0.2) is 11.6 Å². The molecule has 1 aliphatic rings. The summed E-state index contributed by atoms with van der Waals surface area (Å²) in [5.74, 6) is -0.951. The predicted octanol–water partition coefficient (Wildman–Crippen LogP) is 1.99. The van der Waals surface area contributed by atoms with Crippen molar-refractivity contribution < 1.29 is 13.9 Å². The summed E-state index contributed by atoms with van der Waals surface area (Å²) in [6, 6.07) is 0.779. The van der Waals surface area contributed by atoms with Gasteiger partial charge in [-0.2, -0.15) is 5.10 Å². The number of amides is 1. The highest BCUT2D eigenvalue weighted by Gasteiger charge is 2.34. The van der Waals surface area contributed by atoms with Gasteiger partial charge in [-0.05, 0) is 31.7 Å². The molecule has 6 N–H and O–H groups in total. The monoisotopic (exact) mass is 442 g/mol. The summed E-state index contributed by atoms with van der Waals surface area (Å²) in [6.07, 6.45) is 7.02. The number of nitrogens with zero attached hydrogens (tertiary/aromatic N) is 4. The van der Waals surface area contributed by atoms with Crippen molar-refractivity contribution in [2.24, 2.45) is 17.4 Å². The van der Waals surface area contributed by atoms with E-state index in [1.165, 1.54) is 0 Å². The molecule has 3 aromatic heterocycles. The summed E-state index contributed by atoms with van der Waals surface area (Å²) < 4.78 is 21.7. The second kappa shape index (κ2) is 9.05. The first-order valence-corrected chi connectivity index (χ1v) is 10.5. The Labute approximate surface area is 184 Å². The fraction of sp³-hybridized carbons (Fsp3) is 0.429. The zero-order valence-corrected chi connectivity index (χ0v) is 18.0. The molecule has 0 bridgehead atoms. The molecule has 1 fully saturated rings. The van der Waals surface area contributed by atoms with Crippen molar-refractivity contribution in [2.75, 3.05) is 24.4 Å². The van der Waals surface area contributed by atoms with Crippen LogP contribution in [0.25, 0.3) is 10.9 Å². The third-order valence-electron chi connectivity index (χ3n) is 5.57. The van der Waals surface area contributed by atoms with Gasteiger partial charge in [0.25, 0.3) is 5.91 Å². The first-order chi connectivity index (χ1) is 15.4. The highest BCUT2D eigenvalue weighted by Crippen LogP contribution is 2.36. The van der Waals surface area contributed by atoms with Crippen LogP contribution >= 0.6 is 0 Å². The number of methoxy groups -OCH3 is 1. The van der Waals surface area contributed by atoms with Crippen LogP contribution in [-0.2, 0) is 11.3 Å². The molecule has 0 aromatic carbocycles. The number of fused-ring (bicyclic) bond motifs is 1. The minimum Gasteiger partial charge on any atom is -0.383 e. The molecule has 0 unspecified atom stereocenters. The van der Waals surface area contributed by atoms with E-state index in [0.717, 1.165) is 29.8 Å². The van der Waals surface area contributed by atoms with Crippen LogP contribution in [0.2, 0.25) is 0 Å². The smallest absolute Gasteiger partial charge is 0.252 e. The number of hydrogen-bond donors (Lipinski definition) is 4. The molecule has 32 heavy (non-hydrogen) atoms. The molecule has 4 rings (SSSR count). The van der Waals surface area contributed by atoms with Gasteiger partial charge in [-0.25, -0.2) is 9.37 Å². The fourth-order valence-corrected chi connectivity index (χ4v) is 3.74. The molecule has 1 aliphatic carbocycles. The van der Waals surface area contributed by atoms with E-state index in [1.807, 2.05) is 6.92 Å². The molecule has 0 aliphatic heterocycles. The average Bonchev–Trinajstić information content (AvgIpc) is 3.51. The molecule has 1 amide bonds. The van der Waals surface area contributed by atoms with Crippen molar-refractivity contribution in [3.05, 3.63) is 36.0 Å². The number of pyridine rings is 2. The number of carbonyl (C=O) groups excluding carboxylic acids is 1. The molecule has 170 valence electrons. The molecule has 0 radical (unpaired) electrons. The number of aromatic nitrogens is 4. The Morgan fingerprint density at radius 3 is 2.78 bits per heavy atom. The lowest BCUT2D eigenvalue weighted by molar-refractivity contribution is 0.100. The van der Waals surface area contributed by atoms with E-state index in [4.69, 9.17) is 16.2 Å². The molecule has 1 saturated carbocycles. The molecule has 2 atom stereocenters. The summed E-state index contributed by atoms with van der Waals surface area (Å²) >= 11 is 0. The number of halogens is 1. The molecule has 0 spiro atoms. The number of nitrogens with one attached hydrogen (secondary N) is 2. The summed E-state index contributed by atoms with van der Waals surface area (Å²) in [7, 11) is 1.62. The zero-order chi connectivity index (χ0) is 22.8. The SMILES string of the molecule is COCCn1ncc2c(Nc3nc(N[C@H](C4CC4)[C@H](C)N)c(F)cc3C(N)=O)cncc21. The second-order valence-corrected chi connectivity index (χ2v) is 8.05. The first kappa shape index (κ1) is 21.9. The minimum absolute atomic E-state index is 0.0163. The van der Waals surface area contributed by atoms with Crippen molar-refractivity contribution >= 4 is 34.1 Å². The normalized spacial score (nSPS) is 15.5. The standard InChI is InChI=1S/C21H27FN8O2/c1-11(23)18(12-3-4-12)28-21-15(22)7-13(19(24)31)20(29-21)27-16-9-25-10-17-14(16)8-26-30(17)5-6-32-2/h7-12,18H,3-6,23H2,1-2H3,(H2,24,31)(H2,27,28,29)/t11-,18-/m0/s1. The molecular weight excluding hydrogens is 415 g/mol. The molecule has 0 saturated heterocycles. The number of nitrogens with two attached hydrogens (primary N) is 2. The lowest BCUT2D eigenvalue weighted by atomic mass is 10.1. The maximum Gasteiger partial charge on any atom is 0.252 e. The van der Waals surface area contributed by atoms with Gasteiger partial charge in [0, 0.05) is 24.6 Å². The minimum atomic E-state index is -0.799. The van der Waals surface area contributed by atoms with Gasteiger partial charge in [0.2, 0.25) is 0 Å². The first-order valence-electron chi connectivity index (χ1n) is 10.5. The van der Waals surface area contributed by atoms with Gasteiger partial charge in [-0.1, -0.05) is 0 Å². The number of ether oxygens (including phenoxy) is 1. The number of hydrogen-bond acceptors (Lipinski definition) is 8. The van der Waals surface area contributed by atoms with Crippen molar-refractivity contribution in [2.45, 2.75) is 38.4 Å². The van der Waals surface area contributed by atoms with E-state index in [9.17, 15) is 9.18 Å². The van der Waals surface area contributed by atoms with E-state index < -0.39 is 11.7 Å². The third-order valence-corrected chi connectivity index (χ3v) is 5.57. The van der Waals surface area contributed by atoms with Crippen molar-refractivity contribution in [1.82, 2.24) is 19.7 Å². The number of rotatable bonds is 10. The molecule has 3 heterocycles. The van der Waals surface area contributed by atoms with Crippen molar-refractivity contribution in [3.8, 4) is 0 Å². The van der Waals surface area contributed by atoms with Crippen LogP contribution < -0.4 is 22.1 Å². The molecule has 3 aromatic rings. The topological polar surface area (TPSA) is 146 Å². The van der Waals surface area contributed by atoms with Gasteiger partial charge in [0.1, 0.15) is 5.82 Å². The predicted molar refractivity (Wildman–Crippen MR) is 119 cm³/mol. The molecule has 11 heteroatoms. The zero-order valence-electron chi connectivity index (χ0n) is 18.0. The summed E-state index contributed by atoms with van der Waals surface area (Å²) in [5, 5.41) is 11.3. The quantitative estimate of drug-likeness (QED) is 0.373. The van der Waals surface area contributed by atoms with Crippen molar-refractivity contribution in [1.29, 1.82) is 0 Å². The van der Waals surface area contributed by atoms with E-state index in [1.54, 1.807) is 30.4 Å². The van der Waals surface area contributed by atoms with Crippen molar-refractivity contribution in [3.63, 3.8) is 0 Å². The van der Waals surface area contributed by atoms with Gasteiger partial charge in [-0.15, -0.1) is 0 Å². The number of carbonyl (C=O) groups is 1. The maximum absolute atomic E-state index is 14.8.